The van der Waals surface area contributed by atoms with E-state index < -0.39 is 24.0 Å². The number of para-hydroxylation sites is 2. The number of rotatable bonds is 6. The first kappa shape index (κ1) is 23.8. The molecule has 0 radical (unpaired) electrons. The highest BCUT2D eigenvalue weighted by atomic mass is 17.3. The van der Waals surface area contributed by atoms with Crippen LogP contribution in [0, 0.1) is 23.7 Å². The molecule has 1 aromatic carbocycles. The minimum absolute atomic E-state index is 0.100. The Kier molecular flexibility index (Phi) is 6.50. The zero-order chi connectivity index (χ0) is 23.9. The van der Waals surface area contributed by atoms with Gasteiger partial charge in [-0.3, -0.25) is 0 Å². The van der Waals surface area contributed by atoms with Crippen LogP contribution in [-0.2, 0) is 24.0 Å². The number of carbonyl (C=O) groups excluding carboxylic acids is 1. The topological polar surface area (TPSA) is 96.5 Å². The summed E-state index contributed by atoms with van der Waals surface area (Å²) in [5.74, 6) is 0.950. The van der Waals surface area contributed by atoms with Gasteiger partial charge in [0, 0.05) is 24.8 Å². The summed E-state index contributed by atoms with van der Waals surface area (Å²) in [6.07, 6.45) is 2.96. The summed E-state index contributed by atoms with van der Waals surface area (Å²) in [4.78, 5) is 24.3. The van der Waals surface area contributed by atoms with Crippen LogP contribution in [0.2, 0.25) is 0 Å². The number of carbonyl (C=O) groups is 1. The van der Waals surface area contributed by atoms with Gasteiger partial charge in [-0.2, -0.15) is 0 Å². The van der Waals surface area contributed by atoms with Gasteiger partial charge >= 0.3 is 6.03 Å². The number of anilines is 1. The van der Waals surface area contributed by atoms with Crippen molar-refractivity contribution in [2.24, 2.45) is 23.7 Å². The van der Waals surface area contributed by atoms with Crippen LogP contribution >= 0.6 is 0 Å². The van der Waals surface area contributed by atoms with Crippen molar-refractivity contribution >= 4 is 11.7 Å². The molecule has 8 atom stereocenters. The van der Waals surface area contributed by atoms with Crippen molar-refractivity contribution in [3.63, 3.8) is 0 Å². The molecule has 5 fully saturated rings. The lowest BCUT2D eigenvalue weighted by Gasteiger charge is -2.60. The predicted octanol–water partition coefficient (Wildman–Crippen LogP) is 4.04. The Morgan fingerprint density at radius 3 is 2.79 bits per heavy atom. The van der Waals surface area contributed by atoms with Crippen LogP contribution in [0.3, 0.4) is 0 Å². The maximum absolute atomic E-state index is 12.3. The maximum Gasteiger partial charge on any atom is 0.319 e. The predicted molar refractivity (Wildman–Crippen MR) is 123 cm³/mol. The SMILES string of the molecule is COc1ccccc1NC(=O)NCCO[C@H]1O[C@@H]2O[C@]3(C)CC[C@H]4[C@H](C)CC[C@@H]([C@H]1C)[C@@]24OO3. The normalized spacial score (nSPS) is 40.7. The van der Waals surface area contributed by atoms with Gasteiger partial charge in [0.25, 0.3) is 0 Å². The van der Waals surface area contributed by atoms with Crippen LogP contribution in [0.4, 0.5) is 10.5 Å². The van der Waals surface area contributed by atoms with E-state index in [9.17, 15) is 4.79 Å². The first-order chi connectivity index (χ1) is 16.4. The van der Waals surface area contributed by atoms with E-state index in [0.29, 0.717) is 36.4 Å². The summed E-state index contributed by atoms with van der Waals surface area (Å²) in [6, 6.07) is 6.94. The van der Waals surface area contributed by atoms with E-state index in [-0.39, 0.29) is 17.9 Å². The van der Waals surface area contributed by atoms with Crippen LogP contribution in [0.5, 0.6) is 5.75 Å². The minimum atomic E-state index is -0.805. The van der Waals surface area contributed by atoms with Gasteiger partial charge in [-0.25, -0.2) is 14.6 Å². The van der Waals surface area contributed by atoms with E-state index in [1.165, 1.54) is 0 Å². The van der Waals surface area contributed by atoms with E-state index in [1.807, 2.05) is 19.1 Å². The van der Waals surface area contributed by atoms with E-state index >= 15 is 0 Å². The van der Waals surface area contributed by atoms with E-state index in [1.54, 1.807) is 19.2 Å². The Labute approximate surface area is 200 Å². The Balaban J connectivity index is 1.19. The molecule has 34 heavy (non-hydrogen) atoms. The molecule has 1 spiro atoms. The molecule has 2 bridgehead atoms. The second-order valence-electron chi connectivity index (χ2n) is 10.2. The maximum atomic E-state index is 12.3. The van der Waals surface area contributed by atoms with Gasteiger partial charge < -0.3 is 29.6 Å². The van der Waals surface area contributed by atoms with Gasteiger partial charge in [0.1, 0.15) is 5.75 Å². The molecule has 9 heteroatoms. The summed E-state index contributed by atoms with van der Waals surface area (Å²) in [7, 11) is 1.57. The van der Waals surface area contributed by atoms with Gasteiger partial charge in [-0.15, -0.1) is 0 Å². The molecule has 9 nitrogen and oxygen atoms in total. The smallest absolute Gasteiger partial charge is 0.319 e. The fourth-order valence-corrected chi connectivity index (χ4v) is 6.32. The minimum Gasteiger partial charge on any atom is -0.495 e. The van der Waals surface area contributed by atoms with Gasteiger partial charge in [-0.05, 0) is 50.2 Å². The first-order valence-electron chi connectivity index (χ1n) is 12.4. The zero-order valence-corrected chi connectivity index (χ0v) is 20.4. The number of fused-ring (bicyclic) bond motifs is 2. The van der Waals surface area contributed by atoms with Crippen LogP contribution in [0.1, 0.15) is 46.5 Å². The number of amides is 2. The molecular weight excluding hydrogens is 440 g/mol. The Hall–Kier alpha value is -1.91. The summed E-state index contributed by atoms with van der Waals surface area (Å²) in [5.41, 5.74) is 0.00938. The number of benzene rings is 1. The molecule has 2 amide bonds. The fraction of sp³-hybridized carbons (Fsp3) is 0.720. The van der Waals surface area contributed by atoms with Crippen molar-refractivity contribution < 1.29 is 33.5 Å². The van der Waals surface area contributed by atoms with E-state index in [4.69, 9.17) is 28.7 Å². The molecule has 2 N–H and O–H groups in total. The summed E-state index contributed by atoms with van der Waals surface area (Å²) >= 11 is 0. The largest absolute Gasteiger partial charge is 0.495 e. The van der Waals surface area contributed by atoms with Gasteiger partial charge in [0.15, 0.2) is 18.2 Å². The number of urea groups is 1. The third-order valence-electron chi connectivity index (χ3n) is 8.12. The first-order valence-corrected chi connectivity index (χ1v) is 12.4. The molecule has 4 aliphatic heterocycles. The Morgan fingerprint density at radius 2 is 1.97 bits per heavy atom. The highest BCUT2D eigenvalue weighted by Gasteiger charge is 2.69. The molecule has 188 valence electrons. The monoisotopic (exact) mass is 476 g/mol. The van der Waals surface area contributed by atoms with Gasteiger partial charge in [-0.1, -0.05) is 26.0 Å². The molecule has 1 saturated carbocycles. The molecule has 1 aromatic rings. The van der Waals surface area contributed by atoms with Crippen molar-refractivity contribution in [1.82, 2.24) is 5.32 Å². The number of hydrogen-bond acceptors (Lipinski definition) is 7. The molecule has 6 rings (SSSR count). The highest BCUT2D eigenvalue weighted by Crippen LogP contribution is 2.60. The Morgan fingerprint density at radius 1 is 1.15 bits per heavy atom. The second-order valence-corrected chi connectivity index (χ2v) is 10.2. The molecule has 5 aliphatic rings. The standard InChI is InChI=1S/C25H36N2O7/c1-15-9-10-18-16(2)21(31-22-25(18)17(15)11-12-24(3,32-22)33-34-25)30-14-13-26-23(28)27-19-7-5-6-8-20(19)29-4/h5-8,15-18,21-22H,9-14H2,1-4H3,(H2,26,27,28)/t15-,16-,17+,18+,21+,22-,24+,25-/m1/s1. The van der Waals surface area contributed by atoms with Gasteiger partial charge in [0.2, 0.25) is 5.79 Å². The summed E-state index contributed by atoms with van der Waals surface area (Å²) in [5, 5.41) is 5.62. The lowest BCUT2D eigenvalue weighted by atomic mass is 9.58. The van der Waals surface area contributed by atoms with Crippen molar-refractivity contribution in [2.75, 3.05) is 25.6 Å². The molecule has 4 heterocycles. The summed E-state index contributed by atoms with van der Waals surface area (Å²) in [6.45, 7) is 7.02. The van der Waals surface area contributed by atoms with Crippen LogP contribution in [0.25, 0.3) is 0 Å². The van der Waals surface area contributed by atoms with E-state index in [2.05, 4.69) is 24.5 Å². The van der Waals surface area contributed by atoms with Crippen LogP contribution in [-0.4, -0.2) is 50.3 Å². The number of hydrogen-bond donors (Lipinski definition) is 2. The lowest BCUT2D eigenvalue weighted by molar-refractivity contribution is -0.577. The van der Waals surface area contributed by atoms with Crippen molar-refractivity contribution in [3.8, 4) is 5.75 Å². The van der Waals surface area contributed by atoms with E-state index in [0.717, 1.165) is 25.7 Å². The third-order valence-corrected chi connectivity index (χ3v) is 8.12. The Bertz CT molecular complexity index is 900. The fourth-order valence-electron chi connectivity index (χ4n) is 6.32. The second kappa shape index (κ2) is 9.28. The molecule has 0 aromatic heterocycles. The molecule has 0 unspecified atom stereocenters. The third kappa shape index (κ3) is 4.07. The van der Waals surface area contributed by atoms with Crippen molar-refractivity contribution in [1.29, 1.82) is 0 Å². The molecule has 1 aliphatic carbocycles. The highest BCUT2D eigenvalue weighted by molar-refractivity contribution is 5.90. The average Bonchev–Trinajstić information content (AvgIpc) is 3.06. The lowest BCUT2D eigenvalue weighted by Crippen LogP contribution is -2.70. The summed E-state index contributed by atoms with van der Waals surface area (Å²) < 4.78 is 24.1. The number of methoxy groups -OCH3 is 1. The van der Waals surface area contributed by atoms with Crippen molar-refractivity contribution in [3.05, 3.63) is 24.3 Å². The van der Waals surface area contributed by atoms with Crippen molar-refractivity contribution in [2.45, 2.75) is 70.4 Å². The zero-order valence-electron chi connectivity index (χ0n) is 20.4. The quantitative estimate of drug-likeness (QED) is 0.472. The number of nitrogens with one attached hydrogen (secondary N) is 2. The molecular formula is C25H36N2O7. The number of ether oxygens (including phenoxy) is 4. The molecule has 4 saturated heterocycles. The average molecular weight is 477 g/mol. The van der Waals surface area contributed by atoms with Gasteiger partial charge in [0.05, 0.1) is 19.4 Å². The van der Waals surface area contributed by atoms with Crippen LogP contribution < -0.4 is 15.4 Å². The van der Waals surface area contributed by atoms with Crippen LogP contribution in [0.15, 0.2) is 24.3 Å².